The van der Waals surface area contributed by atoms with Crippen LogP contribution in [-0.4, -0.2) is 43.3 Å². The molecule has 0 aliphatic carbocycles. The molecular formula is C8H14N2O2. The molecule has 1 N–H and O–H groups in total. The van der Waals surface area contributed by atoms with Crippen LogP contribution in [0.2, 0.25) is 0 Å². The summed E-state index contributed by atoms with van der Waals surface area (Å²) in [4.78, 5) is 23.1. The molecule has 0 aromatic heterocycles. The van der Waals surface area contributed by atoms with Gasteiger partial charge < -0.3 is 5.32 Å². The lowest BCUT2D eigenvalue weighted by atomic mass is 10.3. The smallest absolute Gasteiger partial charge is 0.207 e. The maximum atomic E-state index is 11.1. The van der Waals surface area contributed by atoms with Crippen molar-refractivity contribution in [3.05, 3.63) is 0 Å². The van der Waals surface area contributed by atoms with Crippen LogP contribution in [0.3, 0.4) is 0 Å². The number of ketones is 1. The summed E-state index contributed by atoms with van der Waals surface area (Å²) in [6, 6.07) is 0. The average molecular weight is 170 g/mol. The number of likely N-dealkylation sites (tertiary alicyclic amines) is 1. The molecule has 0 unspecified atom stereocenters. The highest BCUT2D eigenvalue weighted by molar-refractivity contribution is 5.83. The minimum absolute atomic E-state index is 0.0870. The maximum Gasteiger partial charge on any atom is 0.207 e. The summed E-state index contributed by atoms with van der Waals surface area (Å²) < 4.78 is 0. The van der Waals surface area contributed by atoms with Crippen molar-refractivity contribution >= 4 is 12.2 Å². The quantitative estimate of drug-likeness (QED) is 0.560. The molecule has 1 saturated heterocycles. The van der Waals surface area contributed by atoms with E-state index in [0.717, 1.165) is 13.1 Å². The molecule has 0 saturated carbocycles. The van der Waals surface area contributed by atoms with Gasteiger partial charge in [-0.2, -0.15) is 0 Å². The van der Waals surface area contributed by atoms with E-state index in [9.17, 15) is 9.59 Å². The number of carbonyl (C=O) groups excluding carboxylic acids is 2. The summed E-state index contributed by atoms with van der Waals surface area (Å²) in [6.45, 7) is 2.69. The summed E-state index contributed by atoms with van der Waals surface area (Å²) in [5.41, 5.74) is 0. The molecule has 0 aromatic carbocycles. The zero-order chi connectivity index (χ0) is 8.81. The van der Waals surface area contributed by atoms with E-state index in [1.54, 1.807) is 0 Å². The second kappa shape index (κ2) is 4.87. The lowest BCUT2D eigenvalue weighted by Gasteiger charge is -2.12. The molecule has 68 valence electrons. The van der Waals surface area contributed by atoms with Crippen LogP contribution in [0.25, 0.3) is 0 Å². The Morgan fingerprint density at radius 1 is 1.42 bits per heavy atom. The third kappa shape index (κ3) is 3.00. The van der Waals surface area contributed by atoms with E-state index in [0.29, 0.717) is 13.0 Å². The van der Waals surface area contributed by atoms with Gasteiger partial charge in [0.1, 0.15) is 0 Å². The predicted octanol–water partition coefficient (Wildman–Crippen LogP) is -0.603. The molecule has 0 aromatic rings. The second-order valence-corrected chi connectivity index (χ2v) is 3.02. The van der Waals surface area contributed by atoms with E-state index < -0.39 is 0 Å². The van der Waals surface area contributed by atoms with Crippen LogP contribution in [0.4, 0.5) is 0 Å². The van der Waals surface area contributed by atoms with Crippen LogP contribution in [0.1, 0.15) is 12.8 Å². The molecule has 0 atom stereocenters. The number of hydrogen-bond acceptors (Lipinski definition) is 3. The van der Waals surface area contributed by atoms with Crippen molar-refractivity contribution in [3.8, 4) is 0 Å². The van der Waals surface area contributed by atoms with Crippen LogP contribution < -0.4 is 5.32 Å². The van der Waals surface area contributed by atoms with E-state index in [-0.39, 0.29) is 12.3 Å². The Balaban J connectivity index is 2.11. The monoisotopic (exact) mass is 170 g/mol. The van der Waals surface area contributed by atoms with Gasteiger partial charge in [-0.15, -0.1) is 0 Å². The van der Waals surface area contributed by atoms with Crippen LogP contribution in [0.15, 0.2) is 0 Å². The maximum absolute atomic E-state index is 11.1. The van der Waals surface area contributed by atoms with E-state index in [4.69, 9.17) is 0 Å². The van der Waals surface area contributed by atoms with Gasteiger partial charge in [-0.25, -0.2) is 0 Å². The summed E-state index contributed by atoms with van der Waals surface area (Å²) in [5, 5.41) is 2.37. The topological polar surface area (TPSA) is 49.4 Å². The van der Waals surface area contributed by atoms with Gasteiger partial charge in [0.2, 0.25) is 6.41 Å². The highest BCUT2D eigenvalue weighted by atomic mass is 16.1. The number of nitrogens with one attached hydrogen (secondary N) is 1. The molecule has 0 bridgehead atoms. The van der Waals surface area contributed by atoms with Gasteiger partial charge in [0.25, 0.3) is 0 Å². The largest absolute Gasteiger partial charge is 0.352 e. The Morgan fingerprint density at radius 3 is 2.67 bits per heavy atom. The molecule has 1 rings (SSSR count). The first-order chi connectivity index (χ1) is 5.83. The Bertz CT molecular complexity index is 164. The van der Waals surface area contributed by atoms with Crippen LogP contribution in [-0.2, 0) is 9.59 Å². The van der Waals surface area contributed by atoms with Gasteiger partial charge in [-0.3, -0.25) is 14.5 Å². The fourth-order valence-corrected chi connectivity index (χ4v) is 1.40. The molecule has 12 heavy (non-hydrogen) atoms. The number of rotatable bonds is 5. The molecule has 4 heteroatoms. The molecule has 1 heterocycles. The third-order valence-corrected chi connectivity index (χ3v) is 1.98. The van der Waals surface area contributed by atoms with E-state index in [1.807, 2.05) is 0 Å². The molecular weight excluding hydrogens is 156 g/mol. The van der Waals surface area contributed by atoms with E-state index in [2.05, 4.69) is 10.2 Å². The van der Waals surface area contributed by atoms with Gasteiger partial charge >= 0.3 is 0 Å². The molecule has 1 aliphatic heterocycles. The van der Waals surface area contributed by atoms with Gasteiger partial charge in [-0.05, 0) is 25.9 Å². The average Bonchev–Trinajstić information content (AvgIpc) is 2.53. The zero-order valence-corrected chi connectivity index (χ0v) is 7.08. The number of carbonyl (C=O) groups is 2. The predicted molar refractivity (Wildman–Crippen MR) is 44.7 cm³/mol. The Morgan fingerprint density at radius 2 is 2.08 bits per heavy atom. The Hall–Kier alpha value is -0.900. The van der Waals surface area contributed by atoms with Crippen molar-refractivity contribution in [2.45, 2.75) is 12.8 Å². The van der Waals surface area contributed by atoms with Crippen molar-refractivity contribution in [2.24, 2.45) is 0 Å². The number of hydrogen-bond donors (Lipinski definition) is 1. The van der Waals surface area contributed by atoms with Crippen molar-refractivity contribution in [2.75, 3.05) is 26.2 Å². The van der Waals surface area contributed by atoms with Gasteiger partial charge in [0, 0.05) is 0 Å². The molecule has 1 fully saturated rings. The highest BCUT2D eigenvalue weighted by Gasteiger charge is 2.14. The summed E-state index contributed by atoms with van der Waals surface area (Å²) >= 11 is 0. The zero-order valence-electron chi connectivity index (χ0n) is 7.08. The summed E-state index contributed by atoms with van der Waals surface area (Å²) in [6.07, 6.45) is 2.94. The Kier molecular flexibility index (Phi) is 3.73. The molecule has 4 nitrogen and oxygen atoms in total. The second-order valence-electron chi connectivity index (χ2n) is 3.02. The van der Waals surface area contributed by atoms with E-state index in [1.165, 1.54) is 12.8 Å². The van der Waals surface area contributed by atoms with Crippen molar-refractivity contribution < 1.29 is 9.59 Å². The van der Waals surface area contributed by atoms with E-state index >= 15 is 0 Å². The SMILES string of the molecule is O=CNCC(=O)CN1CCCC1. The van der Waals surface area contributed by atoms with Gasteiger partial charge in [0.05, 0.1) is 13.1 Å². The van der Waals surface area contributed by atoms with Crippen LogP contribution >= 0.6 is 0 Å². The molecule has 1 aliphatic rings. The van der Waals surface area contributed by atoms with Gasteiger partial charge in [0.15, 0.2) is 5.78 Å². The molecule has 0 spiro atoms. The first-order valence-corrected chi connectivity index (χ1v) is 4.24. The fourth-order valence-electron chi connectivity index (χ4n) is 1.40. The van der Waals surface area contributed by atoms with Crippen molar-refractivity contribution in [1.29, 1.82) is 0 Å². The van der Waals surface area contributed by atoms with Crippen molar-refractivity contribution in [1.82, 2.24) is 10.2 Å². The molecule has 1 amide bonds. The number of nitrogens with zero attached hydrogens (tertiary/aromatic N) is 1. The number of Topliss-reactive ketones (excluding diaryl/α,β-unsaturated/α-hetero) is 1. The van der Waals surface area contributed by atoms with Crippen molar-refractivity contribution in [3.63, 3.8) is 0 Å². The van der Waals surface area contributed by atoms with Crippen LogP contribution in [0.5, 0.6) is 0 Å². The summed E-state index contributed by atoms with van der Waals surface area (Å²) in [5.74, 6) is 0.0870. The fraction of sp³-hybridized carbons (Fsp3) is 0.750. The minimum atomic E-state index is 0.0870. The normalized spacial score (nSPS) is 17.7. The highest BCUT2D eigenvalue weighted by Crippen LogP contribution is 2.05. The standard InChI is InChI=1S/C8H14N2O2/c11-7-9-5-8(12)6-10-3-1-2-4-10/h7H,1-6H2,(H,9,11). The van der Waals surface area contributed by atoms with Gasteiger partial charge in [-0.1, -0.05) is 0 Å². The first-order valence-electron chi connectivity index (χ1n) is 4.24. The third-order valence-electron chi connectivity index (χ3n) is 1.98. The number of amides is 1. The Labute approximate surface area is 71.9 Å². The first kappa shape index (κ1) is 9.19. The minimum Gasteiger partial charge on any atom is -0.352 e. The summed E-state index contributed by atoms with van der Waals surface area (Å²) in [7, 11) is 0. The lowest BCUT2D eigenvalue weighted by molar-refractivity contribution is -0.121. The lowest BCUT2D eigenvalue weighted by Crippen LogP contribution is -2.32. The molecule has 0 radical (unpaired) electrons. The van der Waals surface area contributed by atoms with Crippen LogP contribution in [0, 0.1) is 0 Å².